The number of hydrogen-bond donors (Lipinski definition) is 0. The van der Waals surface area contributed by atoms with Crippen LogP contribution >= 0.6 is 11.6 Å². The minimum atomic E-state index is 0.0925. The van der Waals surface area contributed by atoms with E-state index in [1.165, 1.54) is 0 Å². The maximum atomic E-state index is 13.2. The molecule has 0 unspecified atom stereocenters. The molecule has 0 saturated carbocycles. The van der Waals surface area contributed by atoms with Crippen LogP contribution in [0, 0.1) is 11.8 Å². The Morgan fingerprint density at radius 3 is 2.17 bits per heavy atom. The second kappa shape index (κ2) is 9.45. The summed E-state index contributed by atoms with van der Waals surface area (Å²) in [7, 11) is 0. The average Bonchev–Trinajstić information content (AvgIpc) is 3.11. The summed E-state index contributed by atoms with van der Waals surface area (Å²) in [5, 5.41) is 0.702. The zero-order valence-corrected chi connectivity index (χ0v) is 18.5. The van der Waals surface area contributed by atoms with Crippen LogP contribution in [0.15, 0.2) is 48.8 Å². The van der Waals surface area contributed by atoms with Crippen LogP contribution in [0.2, 0.25) is 5.02 Å². The lowest BCUT2D eigenvalue weighted by atomic mass is 10.1. The number of carbonyl (C=O) groups excluding carboxylic acids is 1. The Balaban J connectivity index is 1.84. The molecule has 3 rings (SSSR count). The van der Waals surface area contributed by atoms with Crippen molar-refractivity contribution in [3.63, 3.8) is 0 Å². The maximum Gasteiger partial charge on any atom is 0.255 e. The highest BCUT2D eigenvalue weighted by Gasteiger charge is 2.17. The Bertz CT molecular complexity index is 948. The van der Waals surface area contributed by atoms with Crippen molar-refractivity contribution in [3.05, 3.63) is 59.4 Å². The number of amides is 1. The summed E-state index contributed by atoms with van der Waals surface area (Å²) in [5.74, 6) is 1.24. The van der Waals surface area contributed by atoms with E-state index in [1.807, 2.05) is 58.1 Å². The van der Waals surface area contributed by atoms with Crippen LogP contribution in [0.4, 0.5) is 0 Å². The maximum absolute atomic E-state index is 13.2. The van der Waals surface area contributed by atoms with Gasteiger partial charge in [0, 0.05) is 36.1 Å². The van der Waals surface area contributed by atoms with Gasteiger partial charge in [-0.1, -0.05) is 51.4 Å². The summed E-state index contributed by atoms with van der Waals surface area (Å²) in [6.07, 6.45) is 5.87. The number of nitrogens with zero attached hydrogens (tertiary/aromatic N) is 3. The number of halogens is 1. The quantitative estimate of drug-likeness (QED) is 0.443. The number of aromatic nitrogens is 2. The first-order valence-corrected chi connectivity index (χ1v) is 10.7. The van der Waals surface area contributed by atoms with E-state index in [0.29, 0.717) is 22.4 Å². The molecule has 3 aromatic rings. The first kappa shape index (κ1) is 21.4. The molecule has 0 bridgehead atoms. The Morgan fingerprint density at radius 1 is 0.966 bits per heavy atom. The smallest absolute Gasteiger partial charge is 0.255 e. The molecule has 0 aliphatic rings. The molecule has 2 aromatic heterocycles. The van der Waals surface area contributed by atoms with E-state index in [0.717, 1.165) is 42.8 Å². The van der Waals surface area contributed by atoms with Gasteiger partial charge in [0.15, 0.2) is 0 Å². The summed E-state index contributed by atoms with van der Waals surface area (Å²) in [6, 6.07) is 11.4. The molecule has 0 fully saturated rings. The first-order chi connectivity index (χ1) is 13.8. The van der Waals surface area contributed by atoms with Crippen molar-refractivity contribution in [2.45, 2.75) is 40.5 Å². The monoisotopic (exact) mass is 411 g/mol. The van der Waals surface area contributed by atoms with Crippen LogP contribution in [0.3, 0.4) is 0 Å². The fourth-order valence-electron chi connectivity index (χ4n) is 3.20. The molecule has 0 aliphatic heterocycles. The van der Waals surface area contributed by atoms with Crippen LogP contribution in [-0.4, -0.2) is 33.3 Å². The number of carbonyl (C=O) groups is 1. The average molecular weight is 412 g/mol. The zero-order chi connectivity index (χ0) is 21.0. The minimum Gasteiger partial charge on any atom is -0.339 e. The highest BCUT2D eigenvalue weighted by atomic mass is 35.5. The molecular weight excluding hydrogens is 382 g/mol. The number of fused-ring (bicyclic) bond motifs is 1. The minimum absolute atomic E-state index is 0.0925. The van der Waals surface area contributed by atoms with Crippen LogP contribution in [0.25, 0.3) is 16.9 Å². The molecule has 2 heterocycles. The molecule has 0 spiro atoms. The lowest BCUT2D eigenvalue weighted by Gasteiger charge is -2.24. The fraction of sp³-hybridized carbons (Fsp3) is 0.417. The molecule has 0 saturated heterocycles. The summed E-state index contributed by atoms with van der Waals surface area (Å²) in [4.78, 5) is 19.9. The van der Waals surface area contributed by atoms with Crippen LogP contribution < -0.4 is 0 Å². The number of pyridine rings is 1. The SMILES string of the molecule is CC(C)CCN(CCC(C)C)C(=O)c1ccc2nc(-c3ccc(Cl)cc3)cn2c1. The van der Waals surface area contributed by atoms with Gasteiger partial charge in [-0.2, -0.15) is 0 Å². The van der Waals surface area contributed by atoms with Crippen molar-refractivity contribution in [1.82, 2.24) is 14.3 Å². The predicted octanol–water partition coefficient (Wildman–Crippen LogP) is 6.19. The molecule has 1 aromatic carbocycles. The summed E-state index contributed by atoms with van der Waals surface area (Å²) >= 11 is 5.99. The summed E-state index contributed by atoms with van der Waals surface area (Å²) in [6.45, 7) is 10.4. The highest BCUT2D eigenvalue weighted by Crippen LogP contribution is 2.22. The lowest BCUT2D eigenvalue weighted by Crippen LogP contribution is -2.34. The van der Waals surface area contributed by atoms with Crippen molar-refractivity contribution in [1.29, 1.82) is 0 Å². The van der Waals surface area contributed by atoms with Gasteiger partial charge < -0.3 is 9.30 Å². The van der Waals surface area contributed by atoms with Gasteiger partial charge in [0.1, 0.15) is 5.65 Å². The molecule has 4 nitrogen and oxygen atoms in total. The normalized spacial score (nSPS) is 11.6. The zero-order valence-electron chi connectivity index (χ0n) is 17.7. The van der Waals surface area contributed by atoms with E-state index in [4.69, 9.17) is 11.6 Å². The molecule has 0 atom stereocenters. The van der Waals surface area contributed by atoms with E-state index < -0.39 is 0 Å². The van der Waals surface area contributed by atoms with E-state index in [1.54, 1.807) is 0 Å². The number of rotatable bonds is 8. The van der Waals surface area contributed by atoms with Crippen molar-refractivity contribution >= 4 is 23.2 Å². The standard InChI is InChI=1S/C24H30ClN3O/c1-17(2)11-13-27(14-12-18(3)4)24(29)20-7-10-23-26-22(16-28(23)15-20)19-5-8-21(25)9-6-19/h5-10,15-18H,11-14H2,1-4H3. The molecule has 0 radical (unpaired) electrons. The van der Waals surface area contributed by atoms with Crippen molar-refractivity contribution in [3.8, 4) is 11.3 Å². The van der Waals surface area contributed by atoms with Crippen molar-refractivity contribution in [2.75, 3.05) is 13.1 Å². The van der Waals surface area contributed by atoms with Gasteiger partial charge in [-0.25, -0.2) is 4.98 Å². The molecule has 0 aliphatic carbocycles. The Morgan fingerprint density at radius 2 is 1.59 bits per heavy atom. The Labute approximate surface area is 178 Å². The van der Waals surface area contributed by atoms with E-state index in [9.17, 15) is 4.79 Å². The molecule has 5 heteroatoms. The number of imidazole rings is 1. The third-order valence-electron chi connectivity index (χ3n) is 5.08. The Kier molecular flexibility index (Phi) is 6.96. The van der Waals surface area contributed by atoms with Gasteiger partial charge in [-0.05, 0) is 48.9 Å². The molecule has 154 valence electrons. The second-order valence-electron chi connectivity index (χ2n) is 8.47. The lowest BCUT2D eigenvalue weighted by molar-refractivity contribution is 0.0740. The third kappa shape index (κ3) is 5.60. The summed E-state index contributed by atoms with van der Waals surface area (Å²) < 4.78 is 1.93. The fourth-order valence-corrected chi connectivity index (χ4v) is 3.33. The molecular formula is C24H30ClN3O. The summed E-state index contributed by atoms with van der Waals surface area (Å²) in [5.41, 5.74) is 3.39. The number of hydrogen-bond acceptors (Lipinski definition) is 2. The third-order valence-corrected chi connectivity index (χ3v) is 5.33. The second-order valence-corrected chi connectivity index (χ2v) is 8.91. The van der Waals surface area contributed by atoms with Gasteiger partial charge >= 0.3 is 0 Å². The Hall–Kier alpha value is -2.33. The van der Waals surface area contributed by atoms with Gasteiger partial charge in [0.05, 0.1) is 11.3 Å². The van der Waals surface area contributed by atoms with Crippen LogP contribution in [-0.2, 0) is 0 Å². The topological polar surface area (TPSA) is 37.6 Å². The molecule has 29 heavy (non-hydrogen) atoms. The molecule has 0 N–H and O–H groups in total. The van der Waals surface area contributed by atoms with Gasteiger partial charge in [-0.3, -0.25) is 4.79 Å². The van der Waals surface area contributed by atoms with E-state index in [-0.39, 0.29) is 5.91 Å². The van der Waals surface area contributed by atoms with Gasteiger partial charge in [-0.15, -0.1) is 0 Å². The van der Waals surface area contributed by atoms with Crippen molar-refractivity contribution in [2.24, 2.45) is 11.8 Å². The highest BCUT2D eigenvalue weighted by molar-refractivity contribution is 6.30. The largest absolute Gasteiger partial charge is 0.339 e. The van der Waals surface area contributed by atoms with Gasteiger partial charge in [0.25, 0.3) is 5.91 Å². The first-order valence-electron chi connectivity index (χ1n) is 10.4. The van der Waals surface area contributed by atoms with Crippen LogP contribution in [0.1, 0.15) is 50.9 Å². The number of benzene rings is 1. The van der Waals surface area contributed by atoms with Crippen LogP contribution in [0.5, 0.6) is 0 Å². The molecule has 1 amide bonds. The van der Waals surface area contributed by atoms with Crippen molar-refractivity contribution < 1.29 is 4.79 Å². The van der Waals surface area contributed by atoms with E-state index >= 15 is 0 Å². The van der Waals surface area contributed by atoms with Gasteiger partial charge in [0.2, 0.25) is 0 Å². The van der Waals surface area contributed by atoms with E-state index in [2.05, 4.69) is 32.7 Å². The predicted molar refractivity (Wildman–Crippen MR) is 120 cm³/mol.